The van der Waals surface area contributed by atoms with Gasteiger partial charge >= 0.3 is 5.97 Å². The maximum atomic E-state index is 13.3. The first-order valence-electron chi connectivity index (χ1n) is 11.4. The number of ether oxygens (including phenoxy) is 3. The maximum absolute atomic E-state index is 13.3. The summed E-state index contributed by atoms with van der Waals surface area (Å²) in [7, 11) is 3.06. The van der Waals surface area contributed by atoms with Gasteiger partial charge in [0.15, 0.2) is 0 Å². The van der Waals surface area contributed by atoms with Crippen LogP contribution >= 0.6 is 11.8 Å². The van der Waals surface area contributed by atoms with Gasteiger partial charge in [0.2, 0.25) is 0 Å². The maximum Gasteiger partial charge on any atom is 0.316 e. The van der Waals surface area contributed by atoms with Gasteiger partial charge in [-0.3, -0.25) is 14.4 Å². The van der Waals surface area contributed by atoms with Crippen molar-refractivity contribution < 1.29 is 28.6 Å². The zero-order valence-corrected chi connectivity index (χ0v) is 21.6. The summed E-state index contributed by atoms with van der Waals surface area (Å²) in [4.78, 5) is 38.5. The Morgan fingerprint density at radius 1 is 0.919 bits per heavy atom. The second-order valence-electron chi connectivity index (χ2n) is 7.56. The third kappa shape index (κ3) is 8.15. The summed E-state index contributed by atoms with van der Waals surface area (Å²) in [5.41, 5.74) is 1.53. The third-order valence-corrected chi connectivity index (χ3v) is 6.03. The van der Waals surface area contributed by atoms with Gasteiger partial charge in [0.05, 0.1) is 26.6 Å². The lowest BCUT2D eigenvalue weighted by Gasteiger charge is -2.13. The lowest BCUT2D eigenvalue weighted by atomic mass is 10.1. The number of nitrogens with one attached hydrogen (secondary N) is 2. The molecule has 0 saturated heterocycles. The molecule has 0 saturated carbocycles. The minimum absolute atomic E-state index is 0.0260. The number of methoxy groups -OCH3 is 2. The third-order valence-electron chi connectivity index (χ3n) is 5.04. The van der Waals surface area contributed by atoms with Gasteiger partial charge in [-0.2, -0.15) is 0 Å². The Hall–Kier alpha value is -4.24. The fraction of sp³-hybridized carbons (Fsp3) is 0.179. The largest absolute Gasteiger partial charge is 0.497 e. The number of thioether (sulfide) groups is 1. The van der Waals surface area contributed by atoms with Gasteiger partial charge in [0, 0.05) is 27.8 Å². The fourth-order valence-corrected chi connectivity index (χ4v) is 3.91. The van der Waals surface area contributed by atoms with Gasteiger partial charge in [0.25, 0.3) is 11.8 Å². The molecule has 2 amide bonds. The molecule has 0 spiro atoms. The van der Waals surface area contributed by atoms with E-state index in [1.165, 1.54) is 24.9 Å². The number of hydrogen-bond donors (Lipinski definition) is 2. The predicted octanol–water partition coefficient (Wildman–Crippen LogP) is 4.77. The zero-order chi connectivity index (χ0) is 26.6. The van der Waals surface area contributed by atoms with Crippen molar-refractivity contribution >= 4 is 41.3 Å². The molecule has 0 aliphatic rings. The molecule has 8 nitrogen and oxygen atoms in total. The average molecular weight is 521 g/mol. The van der Waals surface area contributed by atoms with E-state index in [-0.39, 0.29) is 17.4 Å². The summed E-state index contributed by atoms with van der Waals surface area (Å²) >= 11 is 1.34. The summed E-state index contributed by atoms with van der Waals surface area (Å²) in [6, 6.07) is 20.8. The molecule has 3 aromatic carbocycles. The number of anilines is 1. The second-order valence-corrected chi connectivity index (χ2v) is 8.61. The summed E-state index contributed by atoms with van der Waals surface area (Å²) < 4.78 is 15.6. The van der Waals surface area contributed by atoms with Crippen LogP contribution in [0.4, 0.5) is 5.69 Å². The molecule has 3 aromatic rings. The molecule has 0 aliphatic carbocycles. The van der Waals surface area contributed by atoms with Crippen LogP contribution in [0, 0.1) is 0 Å². The minimum atomic E-state index is -0.519. The smallest absolute Gasteiger partial charge is 0.316 e. The molecule has 2 N–H and O–H groups in total. The van der Waals surface area contributed by atoms with Gasteiger partial charge in [-0.1, -0.05) is 18.2 Å². The Labute approximate surface area is 220 Å². The highest BCUT2D eigenvalue weighted by Crippen LogP contribution is 2.27. The van der Waals surface area contributed by atoms with Crippen LogP contribution in [0.2, 0.25) is 0 Å². The van der Waals surface area contributed by atoms with E-state index >= 15 is 0 Å². The van der Waals surface area contributed by atoms with Gasteiger partial charge < -0.3 is 24.8 Å². The number of esters is 1. The molecule has 0 radical (unpaired) electrons. The highest BCUT2D eigenvalue weighted by molar-refractivity contribution is 8.00. The zero-order valence-electron chi connectivity index (χ0n) is 20.8. The summed E-state index contributed by atoms with van der Waals surface area (Å²) in [6.07, 6.45) is 1.54. The molecule has 37 heavy (non-hydrogen) atoms. The van der Waals surface area contributed by atoms with Crippen LogP contribution in [-0.2, 0) is 14.3 Å². The Morgan fingerprint density at radius 3 is 2.30 bits per heavy atom. The van der Waals surface area contributed by atoms with E-state index in [0.717, 1.165) is 4.90 Å². The van der Waals surface area contributed by atoms with E-state index in [9.17, 15) is 14.4 Å². The van der Waals surface area contributed by atoms with Crippen LogP contribution in [0.1, 0.15) is 22.8 Å². The topological polar surface area (TPSA) is 103 Å². The van der Waals surface area contributed by atoms with Crippen LogP contribution in [0.5, 0.6) is 11.5 Å². The predicted molar refractivity (Wildman–Crippen MR) is 144 cm³/mol. The number of rotatable bonds is 11. The molecule has 192 valence electrons. The average Bonchev–Trinajstić information content (AvgIpc) is 2.93. The second kappa shape index (κ2) is 13.7. The van der Waals surface area contributed by atoms with Crippen LogP contribution < -0.4 is 20.1 Å². The summed E-state index contributed by atoms with van der Waals surface area (Å²) in [6.45, 7) is 2.10. The molecule has 9 heteroatoms. The SMILES string of the molecule is CCOC(=O)CSc1ccc(NC(=O)/C(=C/c2ccc(OC)cc2OC)NC(=O)c2ccccc2)cc1. The van der Waals surface area contributed by atoms with Gasteiger partial charge in [0.1, 0.15) is 17.2 Å². The molecule has 0 fully saturated rings. The monoisotopic (exact) mass is 520 g/mol. The molecule has 0 atom stereocenters. The van der Waals surface area contributed by atoms with Crippen LogP contribution in [0.3, 0.4) is 0 Å². The quantitative estimate of drug-likeness (QED) is 0.213. The molecular formula is C28H28N2O6S. The molecule has 3 rings (SSSR count). The molecule has 0 bridgehead atoms. The molecular weight excluding hydrogens is 492 g/mol. The molecule has 0 unspecified atom stereocenters. The van der Waals surface area contributed by atoms with Crippen LogP contribution in [0.15, 0.2) is 83.4 Å². The van der Waals surface area contributed by atoms with E-state index < -0.39 is 11.8 Å². The van der Waals surface area contributed by atoms with Crippen molar-refractivity contribution in [3.8, 4) is 11.5 Å². The first-order valence-corrected chi connectivity index (χ1v) is 12.4. The number of carbonyl (C=O) groups is 3. The summed E-state index contributed by atoms with van der Waals surface area (Å²) in [5, 5.41) is 5.51. The Balaban J connectivity index is 1.82. The molecule has 0 aliphatic heterocycles. The van der Waals surface area contributed by atoms with Gasteiger partial charge in [-0.25, -0.2) is 0 Å². The minimum Gasteiger partial charge on any atom is -0.497 e. The first kappa shape index (κ1) is 27.3. The van der Waals surface area contributed by atoms with Crippen molar-refractivity contribution in [2.24, 2.45) is 0 Å². The highest BCUT2D eigenvalue weighted by atomic mass is 32.2. The van der Waals surface area contributed by atoms with E-state index in [1.807, 2.05) is 0 Å². The fourth-order valence-electron chi connectivity index (χ4n) is 3.21. The number of benzene rings is 3. The van der Waals surface area contributed by atoms with E-state index in [1.54, 1.807) is 86.8 Å². The number of amides is 2. The van der Waals surface area contributed by atoms with E-state index in [2.05, 4.69) is 10.6 Å². The van der Waals surface area contributed by atoms with Crippen molar-refractivity contribution in [3.63, 3.8) is 0 Å². The van der Waals surface area contributed by atoms with Crippen molar-refractivity contribution in [3.05, 3.63) is 89.6 Å². The van der Waals surface area contributed by atoms with Crippen molar-refractivity contribution in [2.45, 2.75) is 11.8 Å². The Bertz CT molecular complexity index is 1260. The molecule has 0 aromatic heterocycles. The van der Waals surface area contributed by atoms with Crippen molar-refractivity contribution in [2.75, 3.05) is 31.9 Å². The van der Waals surface area contributed by atoms with Gasteiger partial charge in [-0.15, -0.1) is 11.8 Å². The van der Waals surface area contributed by atoms with Crippen molar-refractivity contribution in [1.82, 2.24) is 5.32 Å². The normalized spacial score (nSPS) is 10.8. The highest BCUT2D eigenvalue weighted by Gasteiger charge is 2.16. The Kier molecular flexibility index (Phi) is 10.2. The Morgan fingerprint density at radius 2 is 1.65 bits per heavy atom. The molecule has 0 heterocycles. The number of hydrogen-bond acceptors (Lipinski definition) is 7. The van der Waals surface area contributed by atoms with Crippen LogP contribution in [0.25, 0.3) is 6.08 Å². The number of carbonyl (C=O) groups excluding carboxylic acids is 3. The summed E-state index contributed by atoms with van der Waals surface area (Å²) in [5.74, 6) is 0.0228. The van der Waals surface area contributed by atoms with E-state index in [0.29, 0.717) is 34.9 Å². The first-order chi connectivity index (χ1) is 17.9. The van der Waals surface area contributed by atoms with Crippen LogP contribution in [-0.4, -0.2) is 44.4 Å². The van der Waals surface area contributed by atoms with Crippen molar-refractivity contribution in [1.29, 1.82) is 0 Å². The van der Waals surface area contributed by atoms with Gasteiger partial charge in [-0.05, 0) is 61.5 Å². The lowest BCUT2D eigenvalue weighted by molar-refractivity contribution is -0.139. The lowest BCUT2D eigenvalue weighted by Crippen LogP contribution is -2.30. The van der Waals surface area contributed by atoms with E-state index in [4.69, 9.17) is 14.2 Å². The standard InChI is InChI=1S/C28H28N2O6S/c1-4-36-26(31)18-37-23-14-11-21(12-15-23)29-28(33)24(30-27(32)19-8-6-5-7-9-19)16-20-10-13-22(34-2)17-25(20)35-3/h5-17H,4,18H2,1-3H3,(H,29,33)(H,30,32)/b24-16-.